The molecule has 4 aromatic rings. The zero-order valence-electron chi connectivity index (χ0n) is 18.2. The lowest BCUT2D eigenvalue weighted by atomic mass is 10.1. The molecule has 7 nitrogen and oxygen atoms in total. The number of nitrogens with zero attached hydrogens (tertiary/aromatic N) is 3. The first-order chi connectivity index (χ1) is 16.4. The average Bonchev–Trinajstić information content (AvgIpc) is 3.08. The Bertz CT molecular complexity index is 1480. The van der Waals surface area contributed by atoms with Gasteiger partial charge in [-0.25, -0.2) is 0 Å². The van der Waals surface area contributed by atoms with E-state index in [2.05, 4.69) is 9.88 Å². The van der Waals surface area contributed by atoms with Crippen molar-refractivity contribution in [3.05, 3.63) is 110 Å². The Morgan fingerprint density at radius 3 is 2.56 bits per heavy atom. The van der Waals surface area contributed by atoms with Gasteiger partial charge < -0.3 is 9.88 Å². The summed E-state index contributed by atoms with van der Waals surface area (Å²) in [6.07, 6.45) is 1.59. The van der Waals surface area contributed by atoms with E-state index in [0.29, 0.717) is 17.3 Å². The largest absolute Gasteiger partial charge is 0.340 e. The lowest BCUT2D eigenvalue weighted by molar-refractivity contribution is -0.384. The fraction of sp³-hybridized carbons (Fsp3) is 0.0769. The van der Waals surface area contributed by atoms with Gasteiger partial charge in [-0.2, -0.15) is 5.26 Å². The highest BCUT2D eigenvalue weighted by molar-refractivity contribution is 6.31. The maximum atomic E-state index is 12.8. The molecule has 4 rings (SSSR count). The molecule has 1 N–H and O–H groups in total. The lowest BCUT2D eigenvalue weighted by Crippen LogP contribution is -2.13. The molecule has 1 aromatic heterocycles. The summed E-state index contributed by atoms with van der Waals surface area (Å²) in [4.78, 5) is 23.3. The number of nitro groups is 1. The molecule has 0 bridgehead atoms. The fourth-order valence-electron chi connectivity index (χ4n) is 3.81. The number of rotatable bonds is 6. The van der Waals surface area contributed by atoms with Crippen LogP contribution in [0.5, 0.6) is 0 Å². The van der Waals surface area contributed by atoms with Crippen molar-refractivity contribution in [1.82, 2.24) is 4.57 Å². The molecular weight excluding hydrogens is 452 g/mol. The molecular formula is C26H19ClN4O3. The number of aromatic nitrogens is 1. The van der Waals surface area contributed by atoms with E-state index in [1.807, 2.05) is 37.3 Å². The summed E-state index contributed by atoms with van der Waals surface area (Å²) in [5.41, 5.74) is 3.93. The second-order valence-electron chi connectivity index (χ2n) is 7.66. The Morgan fingerprint density at radius 1 is 1.15 bits per heavy atom. The van der Waals surface area contributed by atoms with Gasteiger partial charge in [-0.15, -0.1) is 0 Å². The molecule has 0 aliphatic rings. The zero-order valence-corrected chi connectivity index (χ0v) is 18.9. The lowest BCUT2D eigenvalue weighted by Gasteiger charge is -2.09. The maximum absolute atomic E-state index is 12.8. The molecule has 0 radical (unpaired) electrons. The number of nitriles is 1. The quantitative estimate of drug-likeness (QED) is 0.159. The molecule has 0 spiro atoms. The highest BCUT2D eigenvalue weighted by Crippen LogP contribution is 2.29. The molecule has 8 heteroatoms. The summed E-state index contributed by atoms with van der Waals surface area (Å²) in [7, 11) is 0. The third-order valence-electron chi connectivity index (χ3n) is 5.50. The second-order valence-corrected chi connectivity index (χ2v) is 8.10. The van der Waals surface area contributed by atoms with Crippen LogP contribution in [0.1, 0.15) is 16.8 Å². The molecule has 0 aliphatic carbocycles. The number of carbonyl (C=O) groups excluding carboxylic acids is 1. The molecule has 0 atom stereocenters. The van der Waals surface area contributed by atoms with Gasteiger partial charge in [-0.3, -0.25) is 14.9 Å². The first-order valence-corrected chi connectivity index (χ1v) is 10.7. The van der Waals surface area contributed by atoms with Gasteiger partial charge in [0.1, 0.15) is 11.6 Å². The Morgan fingerprint density at radius 2 is 1.88 bits per heavy atom. The van der Waals surface area contributed by atoms with Crippen LogP contribution >= 0.6 is 11.6 Å². The molecule has 0 saturated heterocycles. The molecule has 0 aliphatic heterocycles. The number of halogens is 1. The van der Waals surface area contributed by atoms with E-state index in [9.17, 15) is 20.2 Å². The standard InChI is InChI=1S/C26H19ClN4O3/c1-17-24(13-19(15-28)26(32)29-21-6-4-5-20(27)14-21)23-7-2-3-8-25(23)30(17)16-18-9-11-22(12-10-18)31(33)34/h2-14H,16H2,1H3,(H,29,32)/b19-13+. The molecule has 1 heterocycles. The number of carbonyl (C=O) groups is 1. The van der Waals surface area contributed by atoms with Crippen molar-refractivity contribution in [1.29, 1.82) is 5.26 Å². The summed E-state index contributed by atoms with van der Waals surface area (Å²) in [5.74, 6) is -0.531. The van der Waals surface area contributed by atoms with Crippen LogP contribution < -0.4 is 5.32 Å². The topological polar surface area (TPSA) is 101 Å². The van der Waals surface area contributed by atoms with E-state index in [-0.39, 0.29) is 11.3 Å². The third-order valence-corrected chi connectivity index (χ3v) is 5.74. The van der Waals surface area contributed by atoms with Crippen LogP contribution in [-0.2, 0) is 11.3 Å². The zero-order chi connectivity index (χ0) is 24.2. The number of fused-ring (bicyclic) bond motifs is 1. The van der Waals surface area contributed by atoms with E-state index in [4.69, 9.17) is 11.6 Å². The molecule has 0 unspecified atom stereocenters. The van der Waals surface area contributed by atoms with Gasteiger partial charge in [0, 0.05) is 51.5 Å². The Hall–Kier alpha value is -4.41. The van der Waals surface area contributed by atoms with Gasteiger partial charge in [-0.1, -0.05) is 48.0 Å². The number of hydrogen-bond acceptors (Lipinski definition) is 4. The van der Waals surface area contributed by atoms with Crippen LogP contribution in [0.25, 0.3) is 17.0 Å². The summed E-state index contributed by atoms with van der Waals surface area (Å²) in [6, 6.07) is 22.8. The summed E-state index contributed by atoms with van der Waals surface area (Å²) < 4.78 is 2.06. The monoisotopic (exact) mass is 470 g/mol. The number of hydrogen-bond donors (Lipinski definition) is 1. The predicted octanol–water partition coefficient (Wildman–Crippen LogP) is 6.11. The second kappa shape index (κ2) is 9.61. The van der Waals surface area contributed by atoms with Crippen LogP contribution in [0.15, 0.2) is 78.4 Å². The fourth-order valence-corrected chi connectivity index (χ4v) is 4.00. The minimum absolute atomic E-state index is 0.0332. The number of non-ortho nitro benzene ring substituents is 1. The first kappa shape index (κ1) is 22.8. The van der Waals surface area contributed by atoms with Crippen LogP contribution in [0.4, 0.5) is 11.4 Å². The Labute approximate surface area is 200 Å². The minimum atomic E-state index is -0.531. The van der Waals surface area contributed by atoms with Crippen molar-refractivity contribution in [3.8, 4) is 6.07 Å². The van der Waals surface area contributed by atoms with E-state index in [1.165, 1.54) is 12.1 Å². The van der Waals surface area contributed by atoms with Gasteiger partial charge in [0.15, 0.2) is 0 Å². The number of amides is 1. The van der Waals surface area contributed by atoms with E-state index < -0.39 is 10.8 Å². The molecule has 168 valence electrons. The van der Waals surface area contributed by atoms with E-state index in [1.54, 1.807) is 42.5 Å². The third kappa shape index (κ3) is 4.68. The van der Waals surface area contributed by atoms with Crippen LogP contribution in [0.2, 0.25) is 5.02 Å². The van der Waals surface area contributed by atoms with Gasteiger partial charge in [0.2, 0.25) is 0 Å². The predicted molar refractivity (Wildman–Crippen MR) is 133 cm³/mol. The Kier molecular flexibility index (Phi) is 6.44. The number of nitro benzene ring substituents is 1. The highest BCUT2D eigenvalue weighted by atomic mass is 35.5. The number of anilines is 1. The van der Waals surface area contributed by atoms with Crippen molar-refractivity contribution in [3.63, 3.8) is 0 Å². The van der Waals surface area contributed by atoms with Crippen LogP contribution in [0.3, 0.4) is 0 Å². The number of nitrogens with one attached hydrogen (secondary N) is 1. The van der Waals surface area contributed by atoms with Crippen molar-refractivity contribution in [2.75, 3.05) is 5.32 Å². The summed E-state index contributed by atoms with van der Waals surface area (Å²) in [6.45, 7) is 2.40. The molecule has 34 heavy (non-hydrogen) atoms. The van der Waals surface area contributed by atoms with E-state index >= 15 is 0 Å². The number of benzene rings is 3. The first-order valence-electron chi connectivity index (χ1n) is 10.4. The summed E-state index contributed by atoms with van der Waals surface area (Å²) >= 11 is 5.98. The molecule has 0 saturated carbocycles. The van der Waals surface area contributed by atoms with Crippen molar-refractivity contribution < 1.29 is 9.72 Å². The van der Waals surface area contributed by atoms with Crippen molar-refractivity contribution >= 4 is 45.9 Å². The van der Waals surface area contributed by atoms with Crippen molar-refractivity contribution in [2.45, 2.75) is 13.5 Å². The summed E-state index contributed by atoms with van der Waals surface area (Å²) in [5, 5.41) is 24.7. The van der Waals surface area contributed by atoms with E-state index in [0.717, 1.165) is 27.7 Å². The normalized spacial score (nSPS) is 11.3. The van der Waals surface area contributed by atoms with Gasteiger partial charge in [-0.05, 0) is 42.8 Å². The number of para-hydroxylation sites is 1. The highest BCUT2D eigenvalue weighted by Gasteiger charge is 2.17. The average molecular weight is 471 g/mol. The van der Waals surface area contributed by atoms with Crippen LogP contribution in [-0.4, -0.2) is 15.4 Å². The molecule has 1 amide bonds. The van der Waals surface area contributed by atoms with Gasteiger partial charge >= 0.3 is 0 Å². The smallest absolute Gasteiger partial charge is 0.269 e. The minimum Gasteiger partial charge on any atom is -0.340 e. The SMILES string of the molecule is Cc1c(/C=C(\C#N)C(=O)Nc2cccc(Cl)c2)c2ccccc2n1Cc1ccc([N+](=O)[O-])cc1. The van der Waals surface area contributed by atoms with Gasteiger partial charge in [0.05, 0.1) is 4.92 Å². The Balaban J connectivity index is 1.71. The van der Waals surface area contributed by atoms with Crippen LogP contribution in [0, 0.1) is 28.4 Å². The van der Waals surface area contributed by atoms with Crippen molar-refractivity contribution in [2.24, 2.45) is 0 Å². The molecule has 3 aromatic carbocycles. The van der Waals surface area contributed by atoms with Gasteiger partial charge in [0.25, 0.3) is 11.6 Å². The molecule has 0 fully saturated rings. The maximum Gasteiger partial charge on any atom is 0.269 e.